The van der Waals surface area contributed by atoms with Crippen LogP contribution in [0.5, 0.6) is 5.75 Å². The fourth-order valence-corrected chi connectivity index (χ4v) is 8.37. The second-order valence-corrected chi connectivity index (χ2v) is 13.7. The quantitative estimate of drug-likeness (QED) is 0.373. The number of carboxylic acid groups (broad SMARTS) is 1. The van der Waals surface area contributed by atoms with E-state index in [9.17, 15) is 27.9 Å². The SMILES string of the molecule is COc1ccc([C@@H]2CN(C3CCC(OC)CC3)CC2C(=O)N2CC[C@@H](c3ccc(C(F)(F)F)cc3N3CCC(C(=O)O)CC3)C2)cc1. The zero-order chi connectivity index (χ0) is 33.3. The molecule has 4 fully saturated rings. The summed E-state index contributed by atoms with van der Waals surface area (Å²) in [5.74, 6) is -0.757. The average molecular weight is 658 g/mol. The van der Waals surface area contributed by atoms with E-state index < -0.39 is 23.6 Å². The number of amides is 1. The number of hydrogen-bond acceptors (Lipinski definition) is 6. The Morgan fingerprint density at radius 1 is 0.851 bits per heavy atom. The molecule has 2 aromatic rings. The van der Waals surface area contributed by atoms with Crippen LogP contribution in [0.15, 0.2) is 42.5 Å². The Balaban J connectivity index is 1.21. The Labute approximate surface area is 274 Å². The first-order valence-corrected chi connectivity index (χ1v) is 16.9. The van der Waals surface area contributed by atoms with E-state index in [4.69, 9.17) is 9.47 Å². The average Bonchev–Trinajstić information content (AvgIpc) is 3.76. The predicted molar refractivity (Wildman–Crippen MR) is 172 cm³/mol. The van der Waals surface area contributed by atoms with Crippen molar-refractivity contribution in [3.8, 4) is 5.75 Å². The maximum Gasteiger partial charge on any atom is 0.416 e. The summed E-state index contributed by atoms with van der Waals surface area (Å²) in [6, 6.07) is 12.3. The molecule has 3 heterocycles. The molecule has 47 heavy (non-hydrogen) atoms. The summed E-state index contributed by atoms with van der Waals surface area (Å²) in [7, 11) is 3.41. The molecule has 256 valence electrons. The van der Waals surface area contributed by atoms with Crippen LogP contribution in [-0.4, -0.2) is 92.4 Å². The van der Waals surface area contributed by atoms with Crippen molar-refractivity contribution in [2.45, 2.75) is 75.1 Å². The standard InChI is InChI=1S/C36H46F3N3O5/c1-46-28-8-3-23(4-9-28)31-21-42(27-6-10-29(47-2)11-7-27)22-32(31)34(43)41-18-15-25(20-41)30-12-5-26(36(37,38)39)19-33(30)40-16-13-24(14-17-40)35(44)45/h3-5,8-9,12,19,24-25,27,29,31-32H,6-7,10-11,13-18,20-22H2,1-2H3,(H,44,45)/t25-,27?,29?,31+,32?/m1/s1. The normalized spacial score (nSPS) is 27.7. The summed E-state index contributed by atoms with van der Waals surface area (Å²) < 4.78 is 52.4. The number of anilines is 1. The third-order valence-corrected chi connectivity index (χ3v) is 11.2. The van der Waals surface area contributed by atoms with E-state index in [1.165, 1.54) is 6.07 Å². The first kappa shape index (κ1) is 33.6. The van der Waals surface area contributed by atoms with Crippen LogP contribution in [0.25, 0.3) is 0 Å². The fraction of sp³-hybridized carbons (Fsp3) is 0.611. The molecule has 0 aromatic heterocycles. The van der Waals surface area contributed by atoms with Crippen LogP contribution in [0.2, 0.25) is 0 Å². The first-order valence-electron chi connectivity index (χ1n) is 16.9. The lowest BCUT2D eigenvalue weighted by atomic mass is 9.88. The molecule has 0 radical (unpaired) electrons. The summed E-state index contributed by atoms with van der Waals surface area (Å²) in [5, 5.41) is 9.45. The van der Waals surface area contributed by atoms with Crippen LogP contribution < -0.4 is 9.64 Å². The van der Waals surface area contributed by atoms with Gasteiger partial charge in [-0.3, -0.25) is 14.5 Å². The number of hydrogen-bond donors (Lipinski definition) is 1. The summed E-state index contributed by atoms with van der Waals surface area (Å²) in [6.07, 6.45) is 1.36. The molecule has 3 aliphatic heterocycles. The number of halogens is 3. The van der Waals surface area contributed by atoms with Crippen molar-refractivity contribution in [3.63, 3.8) is 0 Å². The lowest BCUT2D eigenvalue weighted by Crippen LogP contribution is -2.40. The van der Waals surface area contributed by atoms with E-state index in [-0.39, 0.29) is 23.7 Å². The number of carboxylic acids is 1. The summed E-state index contributed by atoms with van der Waals surface area (Å²) in [6.45, 7) is 3.26. The minimum absolute atomic E-state index is 0.0322. The van der Waals surface area contributed by atoms with Gasteiger partial charge in [-0.1, -0.05) is 18.2 Å². The van der Waals surface area contributed by atoms with E-state index in [0.717, 1.165) is 55.2 Å². The second kappa shape index (κ2) is 14.0. The number of carbonyl (C=O) groups excluding carboxylic acids is 1. The monoisotopic (exact) mass is 657 g/mol. The molecule has 2 aromatic carbocycles. The van der Waals surface area contributed by atoms with Crippen molar-refractivity contribution >= 4 is 17.6 Å². The topological polar surface area (TPSA) is 82.6 Å². The van der Waals surface area contributed by atoms with E-state index in [1.807, 2.05) is 21.9 Å². The maximum atomic E-state index is 14.4. The highest BCUT2D eigenvalue weighted by Gasteiger charge is 2.45. The van der Waals surface area contributed by atoms with Crippen molar-refractivity contribution in [2.75, 3.05) is 58.4 Å². The Hall–Kier alpha value is -3.31. The molecule has 1 amide bonds. The molecule has 8 nitrogen and oxygen atoms in total. The molecule has 6 rings (SSSR count). The van der Waals surface area contributed by atoms with Gasteiger partial charge in [0.1, 0.15) is 5.75 Å². The molecule has 3 atom stereocenters. The molecule has 1 saturated carbocycles. The van der Waals surface area contributed by atoms with Gasteiger partial charge < -0.3 is 24.4 Å². The Kier molecular flexibility index (Phi) is 10.0. The van der Waals surface area contributed by atoms with Gasteiger partial charge in [-0.2, -0.15) is 13.2 Å². The predicted octanol–water partition coefficient (Wildman–Crippen LogP) is 6.00. The highest BCUT2D eigenvalue weighted by atomic mass is 19.4. The van der Waals surface area contributed by atoms with Gasteiger partial charge in [0.15, 0.2) is 0 Å². The number of aliphatic carboxylic acids is 1. The third kappa shape index (κ3) is 7.26. The van der Waals surface area contributed by atoms with Crippen molar-refractivity contribution < 1.29 is 37.3 Å². The molecule has 1 aliphatic carbocycles. The highest BCUT2D eigenvalue weighted by molar-refractivity contribution is 5.81. The zero-order valence-corrected chi connectivity index (χ0v) is 27.3. The Bertz CT molecular complexity index is 1400. The van der Waals surface area contributed by atoms with Gasteiger partial charge in [0.2, 0.25) is 5.91 Å². The van der Waals surface area contributed by atoms with Gasteiger partial charge in [0.25, 0.3) is 0 Å². The van der Waals surface area contributed by atoms with Crippen molar-refractivity contribution in [3.05, 3.63) is 59.2 Å². The van der Waals surface area contributed by atoms with Crippen LogP contribution in [0, 0.1) is 11.8 Å². The van der Waals surface area contributed by atoms with E-state index >= 15 is 0 Å². The molecule has 1 unspecified atom stereocenters. The maximum absolute atomic E-state index is 14.4. The lowest BCUT2D eigenvalue weighted by Gasteiger charge is -2.35. The molecule has 0 bridgehead atoms. The van der Waals surface area contributed by atoms with E-state index in [0.29, 0.717) is 69.8 Å². The molecule has 3 saturated heterocycles. The van der Waals surface area contributed by atoms with Gasteiger partial charge in [-0.05, 0) is 80.3 Å². The smallest absolute Gasteiger partial charge is 0.416 e. The number of nitrogens with zero attached hydrogens (tertiary/aromatic N) is 3. The van der Waals surface area contributed by atoms with Crippen LogP contribution >= 0.6 is 0 Å². The van der Waals surface area contributed by atoms with Gasteiger partial charge >= 0.3 is 12.1 Å². The second-order valence-electron chi connectivity index (χ2n) is 13.7. The van der Waals surface area contributed by atoms with Crippen molar-refractivity contribution in [1.82, 2.24) is 9.80 Å². The van der Waals surface area contributed by atoms with Crippen LogP contribution in [0.3, 0.4) is 0 Å². The van der Waals surface area contributed by atoms with E-state index in [1.54, 1.807) is 20.3 Å². The number of ether oxygens (including phenoxy) is 2. The third-order valence-electron chi connectivity index (χ3n) is 11.2. The number of carbonyl (C=O) groups is 2. The molecule has 4 aliphatic rings. The van der Waals surface area contributed by atoms with Crippen molar-refractivity contribution in [1.29, 1.82) is 0 Å². The van der Waals surface area contributed by atoms with Gasteiger partial charge in [-0.25, -0.2) is 0 Å². The van der Waals surface area contributed by atoms with E-state index in [2.05, 4.69) is 17.0 Å². The number of rotatable bonds is 8. The number of benzene rings is 2. The minimum Gasteiger partial charge on any atom is -0.497 e. The van der Waals surface area contributed by atoms with Gasteiger partial charge in [0.05, 0.1) is 30.6 Å². The molecule has 11 heteroatoms. The van der Waals surface area contributed by atoms with Crippen molar-refractivity contribution in [2.24, 2.45) is 11.8 Å². The fourth-order valence-electron chi connectivity index (χ4n) is 8.37. The van der Waals surface area contributed by atoms with Gasteiger partial charge in [-0.15, -0.1) is 0 Å². The number of piperidine rings is 1. The molecule has 1 N–H and O–H groups in total. The largest absolute Gasteiger partial charge is 0.497 e. The number of methoxy groups -OCH3 is 2. The number of likely N-dealkylation sites (tertiary alicyclic amines) is 2. The zero-order valence-electron chi connectivity index (χ0n) is 27.3. The van der Waals surface area contributed by atoms with Crippen LogP contribution in [0.4, 0.5) is 18.9 Å². The summed E-state index contributed by atoms with van der Waals surface area (Å²) >= 11 is 0. The summed E-state index contributed by atoms with van der Waals surface area (Å²) in [5.41, 5.74) is 1.72. The number of alkyl halides is 3. The molecule has 0 spiro atoms. The Morgan fingerprint density at radius 3 is 2.17 bits per heavy atom. The lowest BCUT2D eigenvalue weighted by molar-refractivity contribution is -0.142. The molecular weight excluding hydrogens is 611 g/mol. The van der Waals surface area contributed by atoms with Crippen LogP contribution in [-0.2, 0) is 20.5 Å². The van der Waals surface area contributed by atoms with Gasteiger partial charge in [0, 0.05) is 69.9 Å². The van der Waals surface area contributed by atoms with Crippen LogP contribution in [0.1, 0.15) is 73.5 Å². The molecular formula is C36H46F3N3O5. The first-order chi connectivity index (χ1) is 22.5. The minimum atomic E-state index is -4.49. The summed E-state index contributed by atoms with van der Waals surface area (Å²) in [4.78, 5) is 32.2. The Morgan fingerprint density at radius 2 is 1.55 bits per heavy atom. The highest BCUT2D eigenvalue weighted by Crippen LogP contribution is 2.43.